The van der Waals surface area contributed by atoms with Gasteiger partial charge in [-0.15, -0.1) is 0 Å². The minimum Gasteiger partial charge on any atom is -0.427 e. The van der Waals surface area contributed by atoms with Crippen LogP contribution in [0.2, 0.25) is 0 Å². The summed E-state index contributed by atoms with van der Waals surface area (Å²) in [5.74, 6) is 1.39. The minimum atomic E-state index is -0.109. The number of unbranched alkanes of at least 4 members (excludes halogenated alkanes) is 1. The third-order valence-corrected chi connectivity index (χ3v) is 9.23. The Morgan fingerprint density at radius 1 is 0.925 bits per heavy atom. The third kappa shape index (κ3) is 8.19. The first-order chi connectivity index (χ1) is 19.6. The van der Waals surface area contributed by atoms with Crippen LogP contribution in [0, 0.1) is 5.92 Å². The molecule has 2 bridgehead atoms. The number of likely N-dealkylation sites (tertiary alicyclic amines) is 1. The molecule has 1 aliphatic heterocycles. The van der Waals surface area contributed by atoms with Gasteiger partial charge in [-0.2, -0.15) is 0 Å². The van der Waals surface area contributed by atoms with Crippen LogP contribution in [0.25, 0.3) is 0 Å². The first-order valence-corrected chi connectivity index (χ1v) is 15.9. The van der Waals surface area contributed by atoms with Gasteiger partial charge in [-0.25, -0.2) is 0 Å². The van der Waals surface area contributed by atoms with Crippen LogP contribution in [0.4, 0.5) is 0 Å². The normalized spacial score (nSPS) is 24.9. The zero-order valence-electron chi connectivity index (χ0n) is 25.0. The van der Waals surface area contributed by atoms with Crippen molar-refractivity contribution in [1.82, 2.24) is 4.90 Å². The van der Waals surface area contributed by atoms with E-state index in [0.717, 1.165) is 63.0 Å². The van der Waals surface area contributed by atoms with Gasteiger partial charge in [0.15, 0.2) is 0 Å². The van der Waals surface area contributed by atoms with Crippen LogP contribution in [-0.2, 0) is 16.6 Å². The lowest BCUT2D eigenvalue weighted by Gasteiger charge is -2.58. The van der Waals surface area contributed by atoms with Gasteiger partial charge in [-0.3, -0.25) is 4.79 Å². The predicted octanol–water partition coefficient (Wildman–Crippen LogP) is 9.20. The fraction of sp³-hybridized carbons (Fsp3) is 0.541. The summed E-state index contributed by atoms with van der Waals surface area (Å²) in [6, 6.07) is 7.17. The summed E-state index contributed by atoms with van der Waals surface area (Å²) in [6.07, 6.45) is 37.1. The summed E-state index contributed by atoms with van der Waals surface area (Å²) in [6.45, 7) is 3.34. The van der Waals surface area contributed by atoms with Crippen LogP contribution in [0.5, 0.6) is 5.75 Å². The van der Waals surface area contributed by atoms with E-state index in [1.807, 2.05) is 6.07 Å². The van der Waals surface area contributed by atoms with E-state index >= 15 is 0 Å². The molecule has 1 unspecified atom stereocenters. The van der Waals surface area contributed by atoms with E-state index in [1.54, 1.807) is 0 Å². The summed E-state index contributed by atoms with van der Waals surface area (Å²) >= 11 is 0. The van der Waals surface area contributed by atoms with Gasteiger partial charge in [0.05, 0.1) is 0 Å². The summed E-state index contributed by atoms with van der Waals surface area (Å²) < 4.78 is 5.85. The van der Waals surface area contributed by atoms with Crippen LogP contribution in [-0.4, -0.2) is 30.5 Å². The van der Waals surface area contributed by atoms with E-state index in [0.29, 0.717) is 17.9 Å². The van der Waals surface area contributed by atoms with Crippen molar-refractivity contribution in [2.45, 2.75) is 108 Å². The molecule has 40 heavy (non-hydrogen) atoms. The van der Waals surface area contributed by atoms with E-state index < -0.39 is 0 Å². The lowest BCUT2D eigenvalue weighted by molar-refractivity contribution is -0.134. The zero-order chi connectivity index (χ0) is 28.0. The topological polar surface area (TPSA) is 29.5 Å². The SMILES string of the molecule is CC/C=C\C/C=C\C/C=C\C/C=C\C/C=C\CCCC(=O)Oc1ccc2c(c1)[C@]13CCCCC1[C@H](C2)N(C)CC3. The number of carbonyl (C=O) groups excluding carboxylic acids is 1. The third-order valence-electron chi connectivity index (χ3n) is 9.23. The number of allylic oxidation sites excluding steroid dienone is 10. The molecule has 3 aliphatic rings. The molecule has 3 heteroatoms. The monoisotopic (exact) mass is 541 g/mol. The van der Waals surface area contributed by atoms with E-state index in [4.69, 9.17) is 4.74 Å². The van der Waals surface area contributed by atoms with Gasteiger partial charge in [0.1, 0.15) is 5.75 Å². The largest absolute Gasteiger partial charge is 0.427 e. The summed E-state index contributed by atoms with van der Waals surface area (Å²) in [7, 11) is 2.31. The Kier molecular flexibility index (Phi) is 12.1. The van der Waals surface area contributed by atoms with Crippen molar-refractivity contribution < 1.29 is 9.53 Å². The first-order valence-electron chi connectivity index (χ1n) is 15.9. The van der Waals surface area contributed by atoms with Crippen molar-refractivity contribution >= 4 is 5.97 Å². The Bertz CT molecular complexity index is 1090. The molecule has 4 rings (SSSR count). The van der Waals surface area contributed by atoms with E-state index in [2.05, 4.69) is 91.8 Å². The number of piperidine rings is 1. The molecular weight excluding hydrogens is 490 g/mol. The van der Waals surface area contributed by atoms with Gasteiger partial charge in [-0.05, 0) is 113 Å². The molecule has 2 fully saturated rings. The number of likely N-dealkylation sites (N-methyl/N-ethyl adjacent to an activating group) is 1. The molecule has 0 N–H and O–H groups in total. The Hall–Kier alpha value is -2.65. The Labute approximate surface area is 243 Å². The van der Waals surface area contributed by atoms with Crippen LogP contribution >= 0.6 is 0 Å². The number of nitrogens with zero attached hydrogens (tertiary/aromatic N) is 1. The highest BCUT2D eigenvalue weighted by Crippen LogP contribution is 2.55. The molecule has 0 aromatic heterocycles. The number of hydrogen-bond donors (Lipinski definition) is 0. The summed E-state index contributed by atoms with van der Waals surface area (Å²) in [5, 5.41) is 0. The van der Waals surface area contributed by atoms with Gasteiger partial charge in [0, 0.05) is 17.9 Å². The van der Waals surface area contributed by atoms with Crippen molar-refractivity contribution in [3.63, 3.8) is 0 Å². The average molecular weight is 542 g/mol. The number of ether oxygens (including phenoxy) is 1. The highest BCUT2D eigenvalue weighted by molar-refractivity contribution is 5.72. The van der Waals surface area contributed by atoms with Crippen molar-refractivity contribution in [3.8, 4) is 5.75 Å². The number of rotatable bonds is 14. The van der Waals surface area contributed by atoms with E-state index in [1.165, 1.54) is 49.8 Å². The standard InChI is InChI=1S/C37H51NO2/c1-3-4-5-6-7-8-9-10-11-12-13-14-15-16-17-18-19-23-36(39)40-32-25-24-31-29-35-33-22-20-21-26-37(33,34(31)30-32)27-28-38(35)2/h4-5,7-8,10-11,13-14,16-17,24-25,30,33,35H,3,6,9,12,15,18-23,26-29H2,1-2H3/b5-4-,8-7-,11-10-,14-13-,17-16-/t33?,35-,37-/m0/s1. The van der Waals surface area contributed by atoms with Gasteiger partial charge >= 0.3 is 5.97 Å². The minimum absolute atomic E-state index is 0.109. The van der Waals surface area contributed by atoms with Gasteiger partial charge < -0.3 is 9.64 Å². The molecular formula is C37H51NO2. The lowest BCUT2D eigenvalue weighted by Crippen LogP contribution is -2.59. The molecule has 1 saturated heterocycles. The average Bonchev–Trinajstić information content (AvgIpc) is 2.97. The fourth-order valence-corrected chi connectivity index (χ4v) is 7.15. The quantitative estimate of drug-likeness (QED) is 0.102. The Balaban J connectivity index is 1.13. The van der Waals surface area contributed by atoms with Gasteiger partial charge in [-0.1, -0.05) is 86.6 Å². The van der Waals surface area contributed by atoms with Crippen LogP contribution < -0.4 is 4.74 Å². The molecule has 1 saturated carbocycles. The zero-order valence-corrected chi connectivity index (χ0v) is 25.0. The predicted molar refractivity (Wildman–Crippen MR) is 169 cm³/mol. The second-order valence-corrected chi connectivity index (χ2v) is 11.9. The molecule has 0 amide bonds. The smallest absolute Gasteiger partial charge is 0.311 e. The van der Waals surface area contributed by atoms with E-state index in [-0.39, 0.29) is 5.97 Å². The summed E-state index contributed by atoms with van der Waals surface area (Å²) in [4.78, 5) is 15.2. The highest BCUT2D eigenvalue weighted by Gasteiger charge is 2.53. The maximum Gasteiger partial charge on any atom is 0.311 e. The maximum atomic E-state index is 12.6. The number of benzene rings is 1. The van der Waals surface area contributed by atoms with Gasteiger partial charge in [0.2, 0.25) is 0 Å². The number of fused-ring (bicyclic) bond motifs is 1. The van der Waals surface area contributed by atoms with Crippen LogP contribution in [0.15, 0.2) is 79.0 Å². The van der Waals surface area contributed by atoms with Crippen molar-refractivity contribution in [3.05, 3.63) is 90.1 Å². The molecule has 0 spiro atoms. The molecule has 216 valence electrons. The number of esters is 1. The lowest BCUT2D eigenvalue weighted by atomic mass is 9.52. The fourth-order valence-electron chi connectivity index (χ4n) is 7.15. The number of hydrogen-bond acceptors (Lipinski definition) is 3. The second-order valence-electron chi connectivity index (χ2n) is 11.9. The molecule has 1 aromatic rings. The molecule has 0 radical (unpaired) electrons. The first kappa shape index (κ1) is 30.3. The maximum absolute atomic E-state index is 12.6. The van der Waals surface area contributed by atoms with Gasteiger partial charge in [0.25, 0.3) is 0 Å². The van der Waals surface area contributed by atoms with Crippen molar-refractivity contribution in [2.24, 2.45) is 5.92 Å². The molecule has 1 heterocycles. The Morgan fingerprint density at radius 2 is 1.60 bits per heavy atom. The Morgan fingerprint density at radius 3 is 2.30 bits per heavy atom. The van der Waals surface area contributed by atoms with Crippen molar-refractivity contribution in [1.29, 1.82) is 0 Å². The van der Waals surface area contributed by atoms with Crippen molar-refractivity contribution in [2.75, 3.05) is 13.6 Å². The molecule has 3 nitrogen and oxygen atoms in total. The number of carbonyl (C=O) groups is 1. The van der Waals surface area contributed by atoms with Crippen LogP contribution in [0.1, 0.15) is 102 Å². The summed E-state index contributed by atoms with van der Waals surface area (Å²) in [5.41, 5.74) is 3.27. The second kappa shape index (κ2) is 16.0. The van der Waals surface area contributed by atoms with E-state index in [9.17, 15) is 4.79 Å². The molecule has 3 atom stereocenters. The highest BCUT2D eigenvalue weighted by atomic mass is 16.5. The molecule has 1 aromatic carbocycles. The van der Waals surface area contributed by atoms with Crippen LogP contribution in [0.3, 0.4) is 0 Å². The molecule has 2 aliphatic carbocycles.